The lowest BCUT2D eigenvalue weighted by molar-refractivity contribution is 0.347. The fourth-order valence-electron chi connectivity index (χ4n) is 2.96. The summed E-state index contributed by atoms with van der Waals surface area (Å²) >= 11 is 0. The minimum atomic E-state index is 0.270. The Balaban J connectivity index is 1.71. The second-order valence-corrected chi connectivity index (χ2v) is 6.32. The molecule has 5 nitrogen and oxygen atoms in total. The van der Waals surface area contributed by atoms with Crippen molar-refractivity contribution in [2.45, 2.75) is 25.0 Å². The number of methoxy groups -OCH3 is 2. The molecular weight excluding hydrogens is 320 g/mol. The van der Waals surface area contributed by atoms with Crippen molar-refractivity contribution in [1.29, 1.82) is 0 Å². The number of hydrogen-bond donors (Lipinski definition) is 0. The zero-order valence-electron chi connectivity index (χ0n) is 14.5. The summed E-state index contributed by atoms with van der Waals surface area (Å²) in [6.45, 7) is 1.60. The van der Waals surface area contributed by atoms with E-state index >= 15 is 0 Å². The third-order valence-electron chi connectivity index (χ3n) is 4.46. The van der Waals surface area contributed by atoms with Gasteiger partial charge in [0.25, 0.3) is 0 Å². The van der Waals surface area contributed by atoms with Crippen LogP contribution in [0.25, 0.3) is 0 Å². The summed E-state index contributed by atoms with van der Waals surface area (Å²) in [5, 5.41) is 0. The van der Waals surface area contributed by atoms with Gasteiger partial charge in [-0.3, -0.25) is 0 Å². The van der Waals surface area contributed by atoms with Gasteiger partial charge >= 0.3 is 0 Å². The Hall–Kier alpha value is -2.24. The van der Waals surface area contributed by atoms with Crippen LogP contribution in [0.1, 0.15) is 11.1 Å². The molecular formula is C20H22O5. The molecule has 2 aliphatic rings. The second-order valence-electron chi connectivity index (χ2n) is 6.32. The van der Waals surface area contributed by atoms with Crippen molar-refractivity contribution in [2.75, 3.05) is 27.4 Å². The van der Waals surface area contributed by atoms with E-state index in [4.69, 9.17) is 23.7 Å². The molecule has 2 aromatic carbocycles. The zero-order chi connectivity index (χ0) is 17.2. The highest BCUT2D eigenvalue weighted by Gasteiger charge is 2.28. The van der Waals surface area contributed by atoms with Gasteiger partial charge in [-0.1, -0.05) is 24.3 Å². The molecule has 2 saturated heterocycles. The Bertz CT molecular complexity index is 686. The first-order chi connectivity index (χ1) is 12.3. The van der Waals surface area contributed by atoms with Gasteiger partial charge in [-0.05, 0) is 12.1 Å². The molecule has 0 saturated carbocycles. The Kier molecular flexibility index (Phi) is 4.51. The summed E-state index contributed by atoms with van der Waals surface area (Å²) in [5.41, 5.74) is 2.14. The van der Waals surface area contributed by atoms with E-state index in [1.54, 1.807) is 14.2 Å². The monoisotopic (exact) mass is 342 g/mol. The summed E-state index contributed by atoms with van der Waals surface area (Å²) in [6, 6.07) is 11.9. The molecule has 2 heterocycles. The highest BCUT2D eigenvalue weighted by Crippen LogP contribution is 2.42. The molecule has 0 aromatic heterocycles. The highest BCUT2D eigenvalue weighted by molar-refractivity contribution is 5.54. The first-order valence-corrected chi connectivity index (χ1v) is 8.51. The predicted molar refractivity (Wildman–Crippen MR) is 93.0 cm³/mol. The number of hydrogen-bond acceptors (Lipinski definition) is 5. The van der Waals surface area contributed by atoms with Crippen LogP contribution in [0.3, 0.4) is 0 Å². The molecule has 2 aromatic rings. The van der Waals surface area contributed by atoms with Gasteiger partial charge in [-0.25, -0.2) is 0 Å². The average molecular weight is 342 g/mol. The number of benzene rings is 2. The maximum atomic E-state index is 6.38. The fraction of sp³-hybridized carbons (Fsp3) is 0.400. The second kappa shape index (κ2) is 6.94. The summed E-state index contributed by atoms with van der Waals surface area (Å²) < 4.78 is 28.2. The minimum absolute atomic E-state index is 0.270. The quantitative estimate of drug-likeness (QED) is 0.689. The van der Waals surface area contributed by atoms with Crippen LogP contribution in [0.15, 0.2) is 36.4 Å². The highest BCUT2D eigenvalue weighted by atomic mass is 16.6. The van der Waals surface area contributed by atoms with Crippen LogP contribution < -0.4 is 14.2 Å². The van der Waals surface area contributed by atoms with Crippen LogP contribution in [0, 0.1) is 0 Å². The molecule has 0 spiro atoms. The van der Waals surface area contributed by atoms with Gasteiger partial charge in [-0.2, -0.15) is 0 Å². The molecule has 2 atom stereocenters. The summed E-state index contributed by atoms with van der Waals surface area (Å²) in [4.78, 5) is 0. The normalized spacial score (nSPS) is 20.9. The molecule has 0 bridgehead atoms. The maximum Gasteiger partial charge on any atom is 0.172 e. The lowest BCUT2D eigenvalue weighted by atomic mass is 10.1. The van der Waals surface area contributed by atoms with Crippen LogP contribution in [-0.2, 0) is 22.3 Å². The van der Waals surface area contributed by atoms with Gasteiger partial charge < -0.3 is 23.7 Å². The first kappa shape index (κ1) is 16.2. The van der Waals surface area contributed by atoms with Crippen molar-refractivity contribution in [3.05, 3.63) is 47.5 Å². The van der Waals surface area contributed by atoms with Crippen molar-refractivity contribution in [3.8, 4) is 23.0 Å². The lowest BCUT2D eigenvalue weighted by Crippen LogP contribution is -2.03. The van der Waals surface area contributed by atoms with Gasteiger partial charge in [0, 0.05) is 24.0 Å². The largest absolute Gasteiger partial charge is 0.493 e. The summed E-state index contributed by atoms with van der Waals surface area (Å²) in [5.74, 6) is 2.86. The van der Waals surface area contributed by atoms with Crippen molar-refractivity contribution in [3.63, 3.8) is 0 Å². The lowest BCUT2D eigenvalue weighted by Gasteiger charge is -2.18. The summed E-state index contributed by atoms with van der Waals surface area (Å²) in [6.07, 6.45) is 2.16. The van der Waals surface area contributed by atoms with Gasteiger partial charge in [0.15, 0.2) is 23.0 Å². The molecule has 0 N–H and O–H groups in total. The van der Waals surface area contributed by atoms with Gasteiger partial charge in [0.05, 0.1) is 39.6 Å². The Morgan fingerprint density at radius 1 is 0.800 bits per heavy atom. The fourth-order valence-corrected chi connectivity index (χ4v) is 2.96. The van der Waals surface area contributed by atoms with Crippen LogP contribution in [0.2, 0.25) is 0 Å². The smallest absolute Gasteiger partial charge is 0.172 e. The molecule has 0 radical (unpaired) electrons. The van der Waals surface area contributed by atoms with Crippen LogP contribution in [0.4, 0.5) is 0 Å². The molecule has 5 heteroatoms. The number of rotatable bonds is 8. The Morgan fingerprint density at radius 3 is 1.60 bits per heavy atom. The molecule has 0 aliphatic carbocycles. The van der Waals surface area contributed by atoms with Crippen molar-refractivity contribution in [1.82, 2.24) is 0 Å². The van der Waals surface area contributed by atoms with E-state index in [0.29, 0.717) is 11.5 Å². The van der Waals surface area contributed by atoms with E-state index in [1.165, 1.54) is 0 Å². The van der Waals surface area contributed by atoms with E-state index in [0.717, 1.165) is 48.7 Å². The number of epoxide rings is 2. The van der Waals surface area contributed by atoms with Gasteiger partial charge in [0.1, 0.15) is 0 Å². The molecule has 2 fully saturated rings. The standard InChI is InChI=1S/C20H22O5/c1-21-17-7-3-5-13(9-15-11-23-15)19(17)25-20-14(10-16-12-24-16)6-4-8-18(20)22-2/h3-8,15-16H,9-12H2,1-2H3. The first-order valence-electron chi connectivity index (χ1n) is 8.51. The SMILES string of the molecule is COc1cccc(CC2CO2)c1Oc1c(CC2CO2)cccc1OC. The van der Waals surface area contributed by atoms with E-state index in [1.807, 2.05) is 24.3 Å². The van der Waals surface area contributed by atoms with Crippen LogP contribution >= 0.6 is 0 Å². The average Bonchev–Trinajstić information content (AvgIpc) is 3.54. The Labute approximate surface area is 147 Å². The molecule has 2 unspecified atom stereocenters. The van der Waals surface area contributed by atoms with E-state index in [-0.39, 0.29) is 12.2 Å². The van der Waals surface area contributed by atoms with Crippen molar-refractivity contribution < 1.29 is 23.7 Å². The van der Waals surface area contributed by atoms with Crippen molar-refractivity contribution in [2.24, 2.45) is 0 Å². The van der Waals surface area contributed by atoms with E-state index in [2.05, 4.69) is 12.1 Å². The third-order valence-corrected chi connectivity index (χ3v) is 4.46. The van der Waals surface area contributed by atoms with Crippen molar-refractivity contribution >= 4 is 0 Å². The minimum Gasteiger partial charge on any atom is -0.493 e. The molecule has 4 rings (SSSR count). The molecule has 0 amide bonds. The van der Waals surface area contributed by atoms with Crippen LogP contribution in [-0.4, -0.2) is 39.6 Å². The predicted octanol–water partition coefficient (Wildman–Crippen LogP) is 3.38. The maximum absolute atomic E-state index is 6.38. The Morgan fingerprint density at radius 2 is 1.24 bits per heavy atom. The van der Waals surface area contributed by atoms with E-state index < -0.39 is 0 Å². The van der Waals surface area contributed by atoms with Gasteiger partial charge in [0.2, 0.25) is 0 Å². The third kappa shape index (κ3) is 3.72. The van der Waals surface area contributed by atoms with Crippen LogP contribution in [0.5, 0.6) is 23.0 Å². The van der Waals surface area contributed by atoms with E-state index in [9.17, 15) is 0 Å². The summed E-state index contributed by atoms with van der Waals surface area (Å²) in [7, 11) is 3.31. The topological polar surface area (TPSA) is 52.8 Å². The van der Waals surface area contributed by atoms with Gasteiger partial charge in [-0.15, -0.1) is 0 Å². The molecule has 132 valence electrons. The zero-order valence-corrected chi connectivity index (χ0v) is 14.5. The molecule has 25 heavy (non-hydrogen) atoms. The number of ether oxygens (including phenoxy) is 5. The molecule has 2 aliphatic heterocycles. The number of para-hydroxylation sites is 2.